The predicted octanol–water partition coefficient (Wildman–Crippen LogP) is 3.27. The van der Waals surface area contributed by atoms with Crippen LogP contribution in [0.5, 0.6) is 0 Å². The van der Waals surface area contributed by atoms with Gasteiger partial charge in [0.2, 0.25) is 0 Å². The molecule has 1 fully saturated rings. The summed E-state index contributed by atoms with van der Waals surface area (Å²) in [7, 11) is 3.56. The van der Waals surface area contributed by atoms with Gasteiger partial charge in [-0.3, -0.25) is 14.6 Å². The van der Waals surface area contributed by atoms with Crippen LogP contribution in [0.3, 0.4) is 0 Å². The second-order valence-corrected chi connectivity index (χ2v) is 8.08. The number of benzene rings is 2. The van der Waals surface area contributed by atoms with Crippen molar-refractivity contribution in [2.24, 2.45) is 0 Å². The van der Waals surface area contributed by atoms with Crippen molar-refractivity contribution in [1.29, 1.82) is 0 Å². The highest BCUT2D eigenvalue weighted by Crippen LogP contribution is 2.28. The summed E-state index contributed by atoms with van der Waals surface area (Å²) in [5.74, 6) is -0.211. The summed E-state index contributed by atoms with van der Waals surface area (Å²) in [6.07, 6.45) is 3.09. The van der Waals surface area contributed by atoms with Crippen LogP contribution in [0.25, 0.3) is 0 Å². The van der Waals surface area contributed by atoms with E-state index in [0.29, 0.717) is 25.9 Å². The van der Waals surface area contributed by atoms with Gasteiger partial charge in [0, 0.05) is 44.0 Å². The summed E-state index contributed by atoms with van der Waals surface area (Å²) in [5, 5.41) is 0. The molecule has 2 aromatic carbocycles. The predicted molar refractivity (Wildman–Crippen MR) is 118 cm³/mol. The maximum absolute atomic E-state index is 13.1. The first-order chi connectivity index (χ1) is 14.5. The van der Waals surface area contributed by atoms with Crippen molar-refractivity contribution in [3.8, 4) is 0 Å². The number of likely N-dealkylation sites (N-methyl/N-ethyl adjacent to an activating group) is 1. The SMILES string of the molecule is COC(=O)CCc1ccc(N2CCN(c3ccc4c(c3)CCN(C)CC4)C2=O)cc1. The standard InChI is InChI=1S/C24H29N3O3/c1-25-13-11-19-6-9-22(17-20(19)12-14-25)27-16-15-26(24(27)29)21-7-3-18(4-8-21)5-10-23(28)30-2/h3-4,6-9,17H,5,10-16H2,1-2H3. The van der Waals surface area contributed by atoms with E-state index < -0.39 is 0 Å². The molecule has 4 rings (SSSR count). The molecule has 0 bridgehead atoms. The lowest BCUT2D eigenvalue weighted by Gasteiger charge is -2.20. The van der Waals surface area contributed by atoms with E-state index >= 15 is 0 Å². The number of carbonyl (C=O) groups excluding carboxylic acids is 2. The molecule has 2 aromatic rings. The highest BCUT2D eigenvalue weighted by molar-refractivity contribution is 6.06. The molecule has 0 atom stereocenters. The van der Waals surface area contributed by atoms with Crippen molar-refractivity contribution >= 4 is 23.4 Å². The van der Waals surface area contributed by atoms with E-state index in [1.807, 2.05) is 34.1 Å². The minimum atomic E-state index is -0.211. The normalized spacial score (nSPS) is 17.1. The molecule has 30 heavy (non-hydrogen) atoms. The Bertz CT molecular complexity index is 926. The Labute approximate surface area is 178 Å². The Hall–Kier alpha value is -2.86. The third-order valence-corrected chi connectivity index (χ3v) is 6.13. The topological polar surface area (TPSA) is 53.1 Å². The third-order valence-electron chi connectivity index (χ3n) is 6.13. The second kappa shape index (κ2) is 8.88. The van der Waals surface area contributed by atoms with Gasteiger partial charge in [-0.05, 0) is 67.3 Å². The van der Waals surface area contributed by atoms with Crippen LogP contribution < -0.4 is 9.80 Å². The fourth-order valence-electron chi connectivity index (χ4n) is 4.20. The molecule has 6 nitrogen and oxygen atoms in total. The van der Waals surface area contributed by atoms with E-state index in [0.717, 1.165) is 42.9 Å². The summed E-state index contributed by atoms with van der Waals surface area (Å²) in [5.41, 5.74) is 5.69. The summed E-state index contributed by atoms with van der Waals surface area (Å²) in [6.45, 7) is 3.49. The number of ether oxygens (including phenoxy) is 1. The van der Waals surface area contributed by atoms with Crippen LogP contribution in [0.2, 0.25) is 0 Å². The number of fused-ring (bicyclic) bond motifs is 1. The number of aryl methyl sites for hydroxylation is 1. The number of urea groups is 1. The van der Waals surface area contributed by atoms with Crippen LogP contribution in [-0.4, -0.2) is 57.2 Å². The molecule has 2 aliphatic heterocycles. The smallest absolute Gasteiger partial charge is 0.329 e. The number of carbonyl (C=O) groups is 2. The number of rotatable bonds is 5. The Balaban J connectivity index is 1.45. The highest BCUT2D eigenvalue weighted by Gasteiger charge is 2.31. The van der Waals surface area contributed by atoms with Crippen molar-refractivity contribution in [3.63, 3.8) is 0 Å². The first kappa shape index (κ1) is 20.4. The van der Waals surface area contributed by atoms with E-state index in [1.54, 1.807) is 0 Å². The molecule has 2 amide bonds. The Kier molecular flexibility index (Phi) is 6.04. The number of amides is 2. The number of hydrogen-bond donors (Lipinski definition) is 0. The van der Waals surface area contributed by atoms with Gasteiger partial charge in [-0.2, -0.15) is 0 Å². The van der Waals surface area contributed by atoms with Crippen LogP contribution in [0.1, 0.15) is 23.1 Å². The lowest BCUT2D eigenvalue weighted by Crippen LogP contribution is -2.31. The van der Waals surface area contributed by atoms with Crippen LogP contribution in [0.15, 0.2) is 42.5 Å². The minimum Gasteiger partial charge on any atom is -0.469 e. The first-order valence-corrected chi connectivity index (χ1v) is 10.6. The molecule has 0 spiro atoms. The zero-order valence-corrected chi connectivity index (χ0v) is 17.8. The summed E-state index contributed by atoms with van der Waals surface area (Å²) in [6, 6.07) is 14.4. The van der Waals surface area contributed by atoms with Gasteiger partial charge in [-0.15, -0.1) is 0 Å². The lowest BCUT2D eigenvalue weighted by molar-refractivity contribution is -0.140. The van der Waals surface area contributed by atoms with Gasteiger partial charge in [0.1, 0.15) is 0 Å². The van der Waals surface area contributed by atoms with E-state index in [9.17, 15) is 9.59 Å². The zero-order chi connectivity index (χ0) is 21.1. The quantitative estimate of drug-likeness (QED) is 0.714. The minimum absolute atomic E-state index is 0.0167. The van der Waals surface area contributed by atoms with Gasteiger partial charge in [-0.1, -0.05) is 18.2 Å². The summed E-state index contributed by atoms with van der Waals surface area (Å²) < 4.78 is 4.69. The van der Waals surface area contributed by atoms with Crippen molar-refractivity contribution in [3.05, 3.63) is 59.2 Å². The van der Waals surface area contributed by atoms with Gasteiger partial charge in [-0.25, -0.2) is 4.79 Å². The number of esters is 1. The van der Waals surface area contributed by atoms with Crippen molar-refractivity contribution in [2.45, 2.75) is 25.7 Å². The lowest BCUT2D eigenvalue weighted by atomic mass is 10.0. The molecular formula is C24H29N3O3. The van der Waals surface area contributed by atoms with Crippen molar-refractivity contribution in [1.82, 2.24) is 4.90 Å². The first-order valence-electron chi connectivity index (χ1n) is 10.6. The van der Waals surface area contributed by atoms with Gasteiger partial charge in [0.25, 0.3) is 0 Å². The number of anilines is 2. The molecule has 158 valence electrons. The molecule has 0 aromatic heterocycles. The third kappa shape index (κ3) is 4.33. The highest BCUT2D eigenvalue weighted by atomic mass is 16.5. The Morgan fingerprint density at radius 1 is 0.900 bits per heavy atom. The van der Waals surface area contributed by atoms with Crippen LogP contribution >= 0.6 is 0 Å². The van der Waals surface area contributed by atoms with E-state index in [4.69, 9.17) is 4.74 Å². The largest absolute Gasteiger partial charge is 0.469 e. The summed E-state index contributed by atoms with van der Waals surface area (Å²) in [4.78, 5) is 30.5. The summed E-state index contributed by atoms with van der Waals surface area (Å²) >= 11 is 0. The molecular weight excluding hydrogens is 378 g/mol. The molecule has 1 saturated heterocycles. The molecule has 0 aliphatic carbocycles. The van der Waals surface area contributed by atoms with Crippen molar-refractivity contribution < 1.29 is 14.3 Å². The van der Waals surface area contributed by atoms with Gasteiger partial charge >= 0.3 is 12.0 Å². The Morgan fingerprint density at radius 3 is 2.23 bits per heavy atom. The van der Waals surface area contributed by atoms with Crippen LogP contribution in [0.4, 0.5) is 16.2 Å². The van der Waals surface area contributed by atoms with Crippen LogP contribution in [-0.2, 0) is 28.8 Å². The van der Waals surface area contributed by atoms with Gasteiger partial charge < -0.3 is 9.64 Å². The molecule has 0 N–H and O–H groups in total. The Morgan fingerprint density at radius 2 is 1.53 bits per heavy atom. The average Bonchev–Trinajstić information content (AvgIpc) is 3.05. The monoisotopic (exact) mass is 407 g/mol. The maximum atomic E-state index is 13.1. The zero-order valence-electron chi connectivity index (χ0n) is 17.8. The molecule has 6 heteroatoms. The molecule has 0 unspecified atom stereocenters. The number of hydrogen-bond acceptors (Lipinski definition) is 4. The maximum Gasteiger partial charge on any atom is 0.329 e. The van der Waals surface area contributed by atoms with E-state index in [1.165, 1.54) is 18.2 Å². The van der Waals surface area contributed by atoms with Gasteiger partial charge in [0.15, 0.2) is 0 Å². The molecule has 2 heterocycles. The fraction of sp³-hybridized carbons (Fsp3) is 0.417. The number of methoxy groups -OCH3 is 1. The average molecular weight is 408 g/mol. The van der Waals surface area contributed by atoms with E-state index in [-0.39, 0.29) is 12.0 Å². The second-order valence-electron chi connectivity index (χ2n) is 8.08. The van der Waals surface area contributed by atoms with Crippen molar-refractivity contribution in [2.75, 3.05) is 50.1 Å². The molecule has 2 aliphatic rings. The molecule has 0 radical (unpaired) electrons. The number of nitrogens with zero attached hydrogens (tertiary/aromatic N) is 3. The van der Waals surface area contributed by atoms with Crippen LogP contribution in [0, 0.1) is 0 Å². The van der Waals surface area contributed by atoms with E-state index in [2.05, 4.69) is 30.1 Å². The molecule has 0 saturated carbocycles. The van der Waals surface area contributed by atoms with Gasteiger partial charge in [0.05, 0.1) is 7.11 Å². The fourth-order valence-corrected chi connectivity index (χ4v) is 4.20.